The molecule has 0 bridgehead atoms. The van der Waals surface area contributed by atoms with Crippen molar-refractivity contribution in [2.75, 3.05) is 0 Å². The second kappa shape index (κ2) is 6.59. The van der Waals surface area contributed by atoms with Gasteiger partial charge < -0.3 is 5.73 Å². The number of hydrogen-bond donors (Lipinski definition) is 2. The van der Waals surface area contributed by atoms with E-state index in [-0.39, 0.29) is 0 Å². The summed E-state index contributed by atoms with van der Waals surface area (Å²) < 4.78 is 0.647. The van der Waals surface area contributed by atoms with Crippen LogP contribution in [0.2, 0.25) is 0 Å². The second-order valence-corrected chi connectivity index (χ2v) is 3.92. The third-order valence-corrected chi connectivity index (χ3v) is 2.12. The van der Waals surface area contributed by atoms with Gasteiger partial charge in [0.1, 0.15) is 0 Å². The molecule has 0 saturated carbocycles. The molecular formula is C11H10BrN3O2. The van der Waals surface area contributed by atoms with E-state index in [1.807, 2.05) is 35.8 Å². The molecule has 1 rings (SSSR count). The summed E-state index contributed by atoms with van der Waals surface area (Å²) in [7, 11) is 0. The van der Waals surface area contributed by atoms with Gasteiger partial charge in [0.15, 0.2) is 0 Å². The average Bonchev–Trinajstić information content (AvgIpc) is 2.30. The molecule has 0 aliphatic carbocycles. The molecule has 0 saturated heterocycles. The van der Waals surface area contributed by atoms with Crippen LogP contribution in [0.3, 0.4) is 0 Å². The van der Waals surface area contributed by atoms with Crippen molar-refractivity contribution in [2.45, 2.75) is 0 Å². The van der Waals surface area contributed by atoms with Crippen molar-refractivity contribution in [3.8, 4) is 0 Å². The van der Waals surface area contributed by atoms with Crippen LogP contribution in [0.4, 0.5) is 0 Å². The molecule has 1 aromatic rings. The molecule has 6 heteroatoms. The number of hydrazone groups is 1. The normalized spacial score (nSPS) is 11.5. The van der Waals surface area contributed by atoms with Crippen molar-refractivity contribution in [3.63, 3.8) is 0 Å². The zero-order chi connectivity index (χ0) is 12.7. The summed E-state index contributed by atoms with van der Waals surface area (Å²) >= 11 is 3.25. The average molecular weight is 296 g/mol. The van der Waals surface area contributed by atoms with Crippen LogP contribution in [0.25, 0.3) is 6.08 Å². The highest BCUT2D eigenvalue weighted by Crippen LogP contribution is 2.09. The van der Waals surface area contributed by atoms with E-state index in [1.54, 1.807) is 6.08 Å². The Morgan fingerprint density at radius 2 is 1.94 bits per heavy atom. The molecular weight excluding hydrogens is 286 g/mol. The summed E-state index contributed by atoms with van der Waals surface area (Å²) in [5, 5.41) is 3.55. The van der Waals surface area contributed by atoms with Crippen LogP contribution in [0.15, 0.2) is 39.9 Å². The molecule has 0 spiro atoms. The van der Waals surface area contributed by atoms with E-state index < -0.39 is 11.8 Å². The van der Waals surface area contributed by atoms with Crippen LogP contribution in [0, 0.1) is 0 Å². The van der Waals surface area contributed by atoms with E-state index in [0.29, 0.717) is 4.48 Å². The zero-order valence-electron chi connectivity index (χ0n) is 8.76. The van der Waals surface area contributed by atoms with Gasteiger partial charge in [-0.25, -0.2) is 5.43 Å². The topological polar surface area (TPSA) is 84.5 Å². The van der Waals surface area contributed by atoms with E-state index >= 15 is 0 Å². The molecule has 0 heterocycles. The van der Waals surface area contributed by atoms with Gasteiger partial charge in [-0.15, -0.1) is 0 Å². The van der Waals surface area contributed by atoms with E-state index in [2.05, 4.69) is 21.0 Å². The summed E-state index contributed by atoms with van der Waals surface area (Å²) in [6, 6.07) is 9.54. The number of amides is 2. The predicted molar refractivity (Wildman–Crippen MR) is 69.2 cm³/mol. The van der Waals surface area contributed by atoms with Crippen LogP contribution in [0.5, 0.6) is 0 Å². The number of halogens is 1. The number of nitrogens with zero attached hydrogens (tertiary/aromatic N) is 1. The summed E-state index contributed by atoms with van der Waals surface area (Å²) in [6.07, 6.45) is 3.16. The van der Waals surface area contributed by atoms with Crippen molar-refractivity contribution in [2.24, 2.45) is 10.8 Å². The Labute approximate surface area is 107 Å². The number of carbonyl (C=O) groups is 2. The van der Waals surface area contributed by atoms with Gasteiger partial charge in [0.25, 0.3) is 0 Å². The van der Waals surface area contributed by atoms with Gasteiger partial charge in [-0.1, -0.05) is 30.3 Å². The third-order valence-electron chi connectivity index (χ3n) is 1.68. The highest BCUT2D eigenvalue weighted by atomic mass is 79.9. The molecule has 0 fully saturated rings. The maximum atomic E-state index is 10.7. The zero-order valence-corrected chi connectivity index (χ0v) is 10.3. The Kier molecular flexibility index (Phi) is 5.09. The predicted octanol–water partition coefficient (Wildman–Crippen LogP) is 1.01. The SMILES string of the molecule is NC(=O)C(=O)N/N=C/C(Br)=C/c1ccccc1. The molecule has 5 nitrogen and oxygen atoms in total. The minimum Gasteiger partial charge on any atom is -0.361 e. The van der Waals surface area contributed by atoms with Crippen LogP contribution in [0.1, 0.15) is 5.56 Å². The fraction of sp³-hybridized carbons (Fsp3) is 0. The van der Waals surface area contributed by atoms with Gasteiger partial charge in [0.2, 0.25) is 0 Å². The number of hydrogen-bond acceptors (Lipinski definition) is 3. The highest BCUT2D eigenvalue weighted by molar-refractivity contribution is 9.12. The van der Waals surface area contributed by atoms with Gasteiger partial charge in [0, 0.05) is 4.48 Å². The van der Waals surface area contributed by atoms with Crippen LogP contribution >= 0.6 is 15.9 Å². The Bertz CT molecular complexity index is 469. The van der Waals surface area contributed by atoms with Crippen LogP contribution in [-0.4, -0.2) is 18.0 Å². The monoisotopic (exact) mass is 295 g/mol. The van der Waals surface area contributed by atoms with Gasteiger partial charge in [-0.05, 0) is 27.6 Å². The van der Waals surface area contributed by atoms with E-state index in [9.17, 15) is 9.59 Å². The largest absolute Gasteiger partial charge is 0.361 e. The van der Waals surface area contributed by atoms with Crippen molar-refractivity contribution in [3.05, 3.63) is 40.4 Å². The fourth-order valence-electron chi connectivity index (χ4n) is 0.953. The second-order valence-electron chi connectivity index (χ2n) is 3.00. The molecule has 0 radical (unpaired) electrons. The van der Waals surface area contributed by atoms with Crippen molar-refractivity contribution in [1.29, 1.82) is 0 Å². The van der Waals surface area contributed by atoms with Crippen LogP contribution in [-0.2, 0) is 9.59 Å². The molecule has 0 atom stereocenters. The third kappa shape index (κ3) is 5.07. The molecule has 0 aliphatic rings. The first-order valence-corrected chi connectivity index (χ1v) is 5.44. The molecule has 88 valence electrons. The first kappa shape index (κ1) is 13.1. The fourth-order valence-corrected chi connectivity index (χ4v) is 1.32. The molecule has 0 aliphatic heterocycles. The van der Waals surface area contributed by atoms with E-state index in [0.717, 1.165) is 5.56 Å². The molecule has 0 unspecified atom stereocenters. The summed E-state index contributed by atoms with van der Waals surface area (Å²) in [4.78, 5) is 21.1. The maximum absolute atomic E-state index is 10.7. The molecule has 0 aromatic heterocycles. The molecule has 2 amide bonds. The quantitative estimate of drug-likeness (QED) is 0.495. The number of nitrogens with one attached hydrogen (secondary N) is 1. The minimum absolute atomic E-state index is 0.647. The lowest BCUT2D eigenvalue weighted by atomic mass is 10.2. The Morgan fingerprint density at radius 1 is 1.29 bits per heavy atom. The van der Waals surface area contributed by atoms with E-state index in [1.165, 1.54) is 6.21 Å². The Hall–Kier alpha value is -1.95. The molecule has 17 heavy (non-hydrogen) atoms. The number of rotatable bonds is 3. The summed E-state index contributed by atoms with van der Waals surface area (Å²) in [5.74, 6) is -2.04. The lowest BCUT2D eigenvalue weighted by molar-refractivity contribution is -0.137. The number of nitrogens with two attached hydrogens (primary N) is 1. The number of benzene rings is 1. The lowest BCUT2D eigenvalue weighted by Crippen LogP contribution is -2.32. The molecule has 3 N–H and O–H groups in total. The minimum atomic E-state index is -1.08. The smallest absolute Gasteiger partial charge is 0.329 e. The van der Waals surface area contributed by atoms with Crippen molar-refractivity contribution in [1.82, 2.24) is 5.43 Å². The first-order chi connectivity index (χ1) is 8.09. The van der Waals surface area contributed by atoms with Crippen LogP contribution < -0.4 is 11.2 Å². The van der Waals surface area contributed by atoms with Crippen molar-refractivity contribution < 1.29 is 9.59 Å². The summed E-state index contributed by atoms with van der Waals surface area (Å²) in [6.45, 7) is 0. The number of carbonyl (C=O) groups excluding carboxylic acids is 2. The van der Waals surface area contributed by atoms with E-state index in [4.69, 9.17) is 5.73 Å². The van der Waals surface area contributed by atoms with Gasteiger partial charge in [-0.3, -0.25) is 9.59 Å². The lowest BCUT2D eigenvalue weighted by Gasteiger charge is -1.94. The standard InChI is InChI=1S/C11H10BrN3O2/c12-9(6-8-4-2-1-3-5-8)7-14-15-11(17)10(13)16/h1-7H,(H2,13,16)(H,15,17)/b9-6-,14-7+. The van der Waals surface area contributed by atoms with Crippen molar-refractivity contribution >= 4 is 40.0 Å². The number of allylic oxidation sites excluding steroid dienone is 1. The Morgan fingerprint density at radius 3 is 2.53 bits per heavy atom. The Balaban J connectivity index is 2.58. The van der Waals surface area contributed by atoms with Gasteiger partial charge in [-0.2, -0.15) is 5.10 Å². The maximum Gasteiger partial charge on any atom is 0.329 e. The summed E-state index contributed by atoms with van der Waals surface area (Å²) in [5.41, 5.74) is 7.69. The van der Waals surface area contributed by atoms with Gasteiger partial charge in [0.05, 0.1) is 6.21 Å². The highest BCUT2D eigenvalue weighted by Gasteiger charge is 2.05. The number of primary amides is 1. The molecule has 1 aromatic carbocycles. The first-order valence-electron chi connectivity index (χ1n) is 4.64. The van der Waals surface area contributed by atoms with Gasteiger partial charge >= 0.3 is 11.8 Å².